The van der Waals surface area contributed by atoms with E-state index < -0.39 is 0 Å². The number of rotatable bonds is 5. The number of nitrogens with zero attached hydrogens (tertiary/aromatic N) is 1. The van der Waals surface area contributed by atoms with Gasteiger partial charge in [0, 0.05) is 17.9 Å². The maximum absolute atomic E-state index is 11.3. The van der Waals surface area contributed by atoms with Crippen molar-refractivity contribution in [2.24, 2.45) is 0 Å². The molecule has 0 aromatic carbocycles. The Bertz CT molecular complexity index is 560. The molecular weight excluding hydrogens is 398 g/mol. The van der Waals surface area contributed by atoms with Gasteiger partial charge in [-0.25, -0.2) is 4.98 Å². The van der Waals surface area contributed by atoms with Gasteiger partial charge in [0.05, 0.1) is 23.2 Å². The first kappa shape index (κ1) is 14.7. The van der Waals surface area contributed by atoms with E-state index in [1.165, 1.54) is 11.3 Å². The molecule has 2 aromatic heterocycles. The van der Waals surface area contributed by atoms with Crippen LogP contribution in [0.5, 0.6) is 0 Å². The molecule has 0 saturated carbocycles. The van der Waals surface area contributed by atoms with Crippen LogP contribution in [0.25, 0.3) is 10.8 Å². The lowest BCUT2D eigenvalue weighted by Gasteiger charge is -1.98. The Morgan fingerprint density at radius 3 is 2.95 bits per heavy atom. The number of aromatic nitrogens is 1. The summed E-state index contributed by atoms with van der Waals surface area (Å²) >= 11 is 8.14. The average Bonchev–Trinajstić information content (AvgIpc) is 2.95. The van der Waals surface area contributed by atoms with Crippen molar-refractivity contribution in [3.8, 4) is 10.8 Å². The van der Waals surface area contributed by atoms with Crippen molar-refractivity contribution in [2.45, 2.75) is 19.8 Å². The van der Waals surface area contributed by atoms with Crippen LogP contribution < -0.4 is 0 Å². The van der Waals surface area contributed by atoms with Crippen molar-refractivity contribution in [2.75, 3.05) is 6.61 Å². The molecule has 0 radical (unpaired) electrons. The zero-order valence-corrected chi connectivity index (χ0v) is 14.1. The van der Waals surface area contributed by atoms with Crippen LogP contribution in [0, 0.1) is 0 Å². The minimum absolute atomic E-state index is 0.194. The monoisotopic (exact) mass is 407 g/mol. The second kappa shape index (κ2) is 6.67. The van der Waals surface area contributed by atoms with Crippen molar-refractivity contribution in [1.29, 1.82) is 0 Å². The number of thiazole rings is 1. The summed E-state index contributed by atoms with van der Waals surface area (Å²) in [5.74, 6) is 0.506. The van der Waals surface area contributed by atoms with Crippen LogP contribution in [0.4, 0.5) is 0 Å². The molecule has 102 valence electrons. The van der Waals surface area contributed by atoms with Gasteiger partial charge < -0.3 is 9.15 Å². The van der Waals surface area contributed by atoms with E-state index in [-0.39, 0.29) is 5.97 Å². The maximum Gasteiger partial charge on any atom is 0.306 e. The van der Waals surface area contributed by atoms with E-state index >= 15 is 0 Å². The zero-order valence-electron chi connectivity index (χ0n) is 10.1. The first-order valence-corrected chi connectivity index (χ1v) is 8.12. The molecule has 0 aliphatic rings. The van der Waals surface area contributed by atoms with Crippen LogP contribution in [0.3, 0.4) is 0 Å². The molecule has 2 aromatic rings. The third-order valence-electron chi connectivity index (χ3n) is 2.30. The molecule has 19 heavy (non-hydrogen) atoms. The first-order chi connectivity index (χ1) is 9.10. The van der Waals surface area contributed by atoms with E-state index in [0.717, 1.165) is 15.2 Å². The van der Waals surface area contributed by atoms with Crippen LogP contribution in [-0.4, -0.2) is 17.6 Å². The first-order valence-electron chi connectivity index (χ1n) is 5.65. The summed E-state index contributed by atoms with van der Waals surface area (Å²) in [7, 11) is 0. The summed E-state index contributed by atoms with van der Waals surface area (Å²) in [6.45, 7) is 2.21. The van der Waals surface area contributed by atoms with Crippen LogP contribution in [-0.2, 0) is 16.0 Å². The summed E-state index contributed by atoms with van der Waals surface area (Å²) in [5, 5.41) is 2.73. The van der Waals surface area contributed by atoms with Gasteiger partial charge in [0.2, 0.25) is 0 Å². The molecule has 7 heteroatoms. The van der Waals surface area contributed by atoms with Gasteiger partial charge in [0.15, 0.2) is 15.4 Å². The number of halogens is 2. The molecule has 0 N–H and O–H groups in total. The number of hydrogen-bond donors (Lipinski definition) is 0. The molecule has 4 nitrogen and oxygen atoms in total. The van der Waals surface area contributed by atoms with Crippen molar-refractivity contribution >= 4 is 49.2 Å². The van der Waals surface area contributed by atoms with E-state index in [1.54, 1.807) is 6.92 Å². The topological polar surface area (TPSA) is 52.3 Å². The standard InChI is InChI=1S/C12H11Br2NO3S/c1-2-17-10(16)4-3-7-6-19-12(15-7)9-5-8(13)11(14)18-9/h5-6H,2-4H2,1H3. The molecule has 0 aliphatic carbocycles. The van der Waals surface area contributed by atoms with Gasteiger partial charge in [0.1, 0.15) is 0 Å². The Kier molecular flexibility index (Phi) is 5.18. The Balaban J connectivity index is 2.01. The van der Waals surface area contributed by atoms with Gasteiger partial charge in [0.25, 0.3) is 0 Å². The normalized spacial score (nSPS) is 10.7. The van der Waals surface area contributed by atoms with E-state index in [1.807, 2.05) is 11.4 Å². The summed E-state index contributed by atoms with van der Waals surface area (Å²) in [6, 6.07) is 1.86. The second-order valence-corrected chi connectivity index (χ2v) is 6.11. The van der Waals surface area contributed by atoms with Gasteiger partial charge in [-0.05, 0) is 38.8 Å². The molecular formula is C12H11Br2NO3S. The predicted octanol–water partition coefficient (Wildman–Crippen LogP) is 4.42. The van der Waals surface area contributed by atoms with E-state index in [0.29, 0.717) is 29.9 Å². The highest BCUT2D eigenvalue weighted by Gasteiger charge is 2.13. The van der Waals surface area contributed by atoms with E-state index in [9.17, 15) is 4.79 Å². The Hall–Kier alpha value is -0.660. The van der Waals surface area contributed by atoms with Crippen LogP contribution in [0.1, 0.15) is 19.0 Å². The van der Waals surface area contributed by atoms with Crippen molar-refractivity contribution in [1.82, 2.24) is 4.98 Å². The second-order valence-electron chi connectivity index (χ2n) is 3.68. The van der Waals surface area contributed by atoms with Crippen LogP contribution >= 0.6 is 43.2 Å². The third kappa shape index (κ3) is 3.90. The van der Waals surface area contributed by atoms with Gasteiger partial charge in [-0.3, -0.25) is 4.79 Å². The maximum atomic E-state index is 11.3. The minimum atomic E-state index is -0.194. The largest absolute Gasteiger partial charge is 0.466 e. The highest BCUT2D eigenvalue weighted by molar-refractivity contribution is 9.13. The average molecular weight is 409 g/mol. The molecule has 0 spiro atoms. The van der Waals surface area contributed by atoms with Crippen molar-refractivity contribution in [3.05, 3.63) is 26.3 Å². The number of furan rings is 1. The third-order valence-corrected chi connectivity index (χ3v) is 4.91. The molecule has 0 fully saturated rings. The number of carbonyl (C=O) groups excluding carboxylic acids is 1. The smallest absolute Gasteiger partial charge is 0.306 e. The minimum Gasteiger partial charge on any atom is -0.466 e. The molecule has 0 amide bonds. The van der Waals surface area contributed by atoms with E-state index in [4.69, 9.17) is 9.15 Å². The SMILES string of the molecule is CCOC(=O)CCc1csc(-c2cc(Br)c(Br)o2)n1. The fraction of sp³-hybridized carbons (Fsp3) is 0.333. The highest BCUT2D eigenvalue weighted by atomic mass is 79.9. The highest BCUT2D eigenvalue weighted by Crippen LogP contribution is 2.34. The molecule has 0 saturated heterocycles. The molecule has 0 atom stereocenters. The Morgan fingerprint density at radius 2 is 2.32 bits per heavy atom. The Morgan fingerprint density at radius 1 is 1.53 bits per heavy atom. The Labute approximate surface area is 131 Å². The summed E-state index contributed by atoms with van der Waals surface area (Å²) in [5.41, 5.74) is 0.872. The number of carbonyl (C=O) groups is 1. The zero-order chi connectivity index (χ0) is 13.8. The lowest BCUT2D eigenvalue weighted by atomic mass is 10.2. The quantitative estimate of drug-likeness (QED) is 0.687. The molecule has 0 unspecified atom stereocenters. The molecule has 2 heterocycles. The molecule has 0 bridgehead atoms. The number of esters is 1. The lowest BCUT2D eigenvalue weighted by Crippen LogP contribution is -2.05. The fourth-order valence-electron chi connectivity index (χ4n) is 1.45. The van der Waals surface area contributed by atoms with Gasteiger partial charge in [-0.15, -0.1) is 11.3 Å². The van der Waals surface area contributed by atoms with Gasteiger partial charge in [-0.1, -0.05) is 0 Å². The van der Waals surface area contributed by atoms with Gasteiger partial charge in [-0.2, -0.15) is 0 Å². The number of aryl methyl sites for hydroxylation is 1. The van der Waals surface area contributed by atoms with Crippen molar-refractivity contribution in [3.63, 3.8) is 0 Å². The summed E-state index contributed by atoms with van der Waals surface area (Å²) in [4.78, 5) is 15.7. The molecule has 2 rings (SSSR count). The predicted molar refractivity (Wildman–Crippen MR) is 80.2 cm³/mol. The number of ether oxygens (including phenoxy) is 1. The fourth-order valence-corrected chi connectivity index (χ4v) is 2.83. The number of hydrogen-bond acceptors (Lipinski definition) is 5. The van der Waals surface area contributed by atoms with E-state index in [2.05, 4.69) is 36.8 Å². The van der Waals surface area contributed by atoms with Crippen molar-refractivity contribution < 1.29 is 13.9 Å². The summed E-state index contributed by atoms with van der Waals surface area (Å²) in [6.07, 6.45) is 0.931. The van der Waals surface area contributed by atoms with Crippen LogP contribution in [0.15, 0.2) is 25.0 Å². The lowest BCUT2D eigenvalue weighted by molar-refractivity contribution is -0.143. The molecule has 0 aliphatic heterocycles. The summed E-state index contributed by atoms with van der Waals surface area (Å²) < 4.78 is 11.9. The van der Waals surface area contributed by atoms with Crippen LogP contribution in [0.2, 0.25) is 0 Å². The van der Waals surface area contributed by atoms with Gasteiger partial charge >= 0.3 is 5.97 Å².